The summed E-state index contributed by atoms with van der Waals surface area (Å²) in [7, 11) is -9.91. The van der Waals surface area contributed by atoms with Crippen LogP contribution in [-0.2, 0) is 65.4 Å². The van der Waals surface area contributed by atoms with Gasteiger partial charge in [0.15, 0.2) is 12.2 Å². The van der Waals surface area contributed by atoms with Gasteiger partial charge in [0.05, 0.1) is 26.4 Å². The second-order valence-corrected chi connectivity index (χ2v) is 32.0. The van der Waals surface area contributed by atoms with Crippen LogP contribution in [0.25, 0.3) is 0 Å². The average molecular weight is 1400 g/mol. The molecule has 564 valence electrons. The number of esters is 4. The Bertz CT molecular complexity index is 1870. The van der Waals surface area contributed by atoms with E-state index in [-0.39, 0.29) is 25.7 Å². The van der Waals surface area contributed by atoms with Crippen LogP contribution in [0.4, 0.5) is 0 Å². The van der Waals surface area contributed by atoms with E-state index in [9.17, 15) is 43.2 Å². The number of aliphatic hydroxyl groups excluding tert-OH is 1. The summed E-state index contributed by atoms with van der Waals surface area (Å²) in [5, 5.41) is 10.6. The van der Waals surface area contributed by atoms with Gasteiger partial charge in [0.25, 0.3) is 0 Å². The molecule has 19 heteroatoms. The van der Waals surface area contributed by atoms with Crippen molar-refractivity contribution in [3.8, 4) is 0 Å². The molecule has 0 aromatic carbocycles. The van der Waals surface area contributed by atoms with Crippen LogP contribution in [-0.4, -0.2) is 96.7 Å². The predicted octanol–water partition coefficient (Wildman–Crippen LogP) is 22.0. The highest BCUT2D eigenvalue weighted by atomic mass is 31.2. The molecular weight excluding hydrogens is 1250 g/mol. The van der Waals surface area contributed by atoms with Gasteiger partial charge in [-0.25, -0.2) is 9.13 Å². The topological polar surface area (TPSA) is 237 Å². The SMILES string of the molecule is CCC(C)CCCCCCCCCCCCC(=O)O[C@H](COC(=O)CCCCCCCCCCCCC(C)C)COP(=O)(O)OCC(O)COP(=O)(O)OC[C@@H](COC(=O)CCCCCCCCCC(C)C)OC(=O)CCCCCCCCCCCCCCCCCC(C)C. The van der Waals surface area contributed by atoms with Gasteiger partial charge in [0.2, 0.25) is 0 Å². The standard InChI is InChI=1S/C76H148O17P2/c1-9-69(8)55-47-39-31-23-18-20-26-34-43-51-59-76(81)92-71(62-86-73(78)56-48-40-32-24-19-17-22-29-37-45-53-67(4)5)64-90-94(82,83)88-60-70(77)61-89-95(84,85)91-65-72(63-87-74(79)57-49-41-35-27-30-38-46-54-68(6)7)93-75(80)58-50-42-33-25-16-14-12-10-11-13-15-21-28-36-44-52-66(2)3/h66-72,77H,9-65H2,1-8H3,(H,82,83)(H,84,85)/t69?,70?,71-,72-/m1/s1. The maximum absolute atomic E-state index is 13.1. The molecule has 0 amide bonds. The third-order valence-electron chi connectivity index (χ3n) is 17.9. The molecule has 95 heavy (non-hydrogen) atoms. The van der Waals surface area contributed by atoms with Crippen molar-refractivity contribution in [1.29, 1.82) is 0 Å². The summed E-state index contributed by atoms with van der Waals surface area (Å²) >= 11 is 0. The van der Waals surface area contributed by atoms with Gasteiger partial charge in [0, 0.05) is 25.7 Å². The highest BCUT2D eigenvalue weighted by Gasteiger charge is 2.30. The Hall–Kier alpha value is -1.94. The van der Waals surface area contributed by atoms with Crippen LogP contribution in [0, 0.1) is 23.7 Å². The molecule has 0 saturated carbocycles. The Morgan fingerprint density at radius 2 is 0.505 bits per heavy atom. The van der Waals surface area contributed by atoms with E-state index in [1.165, 1.54) is 180 Å². The zero-order chi connectivity index (χ0) is 70.3. The van der Waals surface area contributed by atoms with Crippen molar-refractivity contribution in [2.75, 3.05) is 39.6 Å². The van der Waals surface area contributed by atoms with Crippen LogP contribution < -0.4 is 0 Å². The molecule has 0 bridgehead atoms. The first-order valence-corrected chi connectivity index (χ1v) is 42.2. The van der Waals surface area contributed by atoms with E-state index in [0.717, 1.165) is 114 Å². The number of hydrogen-bond donors (Lipinski definition) is 3. The van der Waals surface area contributed by atoms with E-state index in [0.29, 0.717) is 31.6 Å². The van der Waals surface area contributed by atoms with Crippen molar-refractivity contribution < 1.29 is 80.2 Å². The third kappa shape index (κ3) is 69.0. The number of rotatable bonds is 73. The number of unbranched alkanes of at least 4 members (excludes halogenated alkanes) is 38. The van der Waals surface area contributed by atoms with Gasteiger partial charge in [-0.05, 0) is 49.4 Å². The highest BCUT2D eigenvalue weighted by Crippen LogP contribution is 2.45. The van der Waals surface area contributed by atoms with Gasteiger partial charge in [-0.1, -0.05) is 331 Å². The van der Waals surface area contributed by atoms with Crippen LogP contribution in [0.5, 0.6) is 0 Å². The average Bonchev–Trinajstić information content (AvgIpc) is 1.81. The van der Waals surface area contributed by atoms with Crippen LogP contribution in [0.2, 0.25) is 0 Å². The Morgan fingerprint density at radius 1 is 0.295 bits per heavy atom. The molecule has 3 N–H and O–H groups in total. The molecule has 0 rings (SSSR count). The first-order valence-electron chi connectivity index (χ1n) is 39.2. The first-order chi connectivity index (χ1) is 45.6. The third-order valence-corrected chi connectivity index (χ3v) is 19.8. The number of phosphoric acid groups is 2. The maximum atomic E-state index is 13.1. The predicted molar refractivity (Wildman–Crippen MR) is 386 cm³/mol. The van der Waals surface area contributed by atoms with Gasteiger partial charge in [-0.15, -0.1) is 0 Å². The molecule has 0 fully saturated rings. The quantitative estimate of drug-likeness (QED) is 0.0222. The zero-order valence-corrected chi connectivity index (χ0v) is 64.1. The first kappa shape index (κ1) is 93.1. The molecule has 0 aromatic heterocycles. The second kappa shape index (κ2) is 65.4. The molecule has 0 aliphatic heterocycles. The van der Waals surface area contributed by atoms with Crippen molar-refractivity contribution in [3.63, 3.8) is 0 Å². The molecule has 0 spiro atoms. The van der Waals surface area contributed by atoms with Crippen LogP contribution in [0.3, 0.4) is 0 Å². The lowest BCUT2D eigenvalue weighted by Gasteiger charge is -2.21. The van der Waals surface area contributed by atoms with E-state index in [1.807, 2.05) is 0 Å². The van der Waals surface area contributed by atoms with Crippen LogP contribution >= 0.6 is 15.6 Å². The minimum Gasteiger partial charge on any atom is -0.462 e. The lowest BCUT2D eigenvalue weighted by atomic mass is 9.99. The van der Waals surface area contributed by atoms with E-state index < -0.39 is 97.5 Å². The summed E-state index contributed by atoms with van der Waals surface area (Å²) in [5.74, 6) is 0.948. The minimum absolute atomic E-state index is 0.106. The summed E-state index contributed by atoms with van der Waals surface area (Å²) in [6, 6.07) is 0. The smallest absolute Gasteiger partial charge is 0.462 e. The largest absolute Gasteiger partial charge is 0.472 e. The fraction of sp³-hybridized carbons (Fsp3) is 0.947. The molecule has 6 atom stereocenters. The molecule has 0 aliphatic rings. The molecule has 0 aromatic rings. The lowest BCUT2D eigenvalue weighted by Crippen LogP contribution is -2.30. The van der Waals surface area contributed by atoms with Crippen molar-refractivity contribution in [2.24, 2.45) is 23.7 Å². The lowest BCUT2D eigenvalue weighted by molar-refractivity contribution is -0.161. The summed E-state index contributed by atoms with van der Waals surface area (Å²) in [6.07, 6.45) is 49.9. The zero-order valence-electron chi connectivity index (χ0n) is 62.3. The van der Waals surface area contributed by atoms with Crippen LogP contribution in [0.1, 0.15) is 383 Å². The number of carbonyl (C=O) groups is 4. The van der Waals surface area contributed by atoms with E-state index >= 15 is 0 Å². The van der Waals surface area contributed by atoms with E-state index in [4.69, 9.17) is 37.0 Å². The van der Waals surface area contributed by atoms with Gasteiger partial charge in [-0.2, -0.15) is 0 Å². The Kier molecular flexibility index (Phi) is 64.0. The number of ether oxygens (including phenoxy) is 4. The summed E-state index contributed by atoms with van der Waals surface area (Å²) in [5.41, 5.74) is 0. The van der Waals surface area contributed by atoms with Crippen molar-refractivity contribution in [1.82, 2.24) is 0 Å². The number of aliphatic hydroxyl groups is 1. The van der Waals surface area contributed by atoms with E-state index in [2.05, 4.69) is 55.4 Å². The normalized spacial score (nSPS) is 14.4. The maximum Gasteiger partial charge on any atom is 0.472 e. The van der Waals surface area contributed by atoms with Crippen molar-refractivity contribution in [2.45, 2.75) is 401 Å². The van der Waals surface area contributed by atoms with Crippen LogP contribution in [0.15, 0.2) is 0 Å². The minimum atomic E-state index is -4.96. The number of phosphoric ester groups is 2. The summed E-state index contributed by atoms with van der Waals surface area (Å²) in [6.45, 7) is 14.2. The Labute approximate surface area is 581 Å². The van der Waals surface area contributed by atoms with Crippen molar-refractivity contribution in [3.05, 3.63) is 0 Å². The van der Waals surface area contributed by atoms with Gasteiger partial charge < -0.3 is 33.8 Å². The molecule has 0 aliphatic carbocycles. The number of hydrogen-bond acceptors (Lipinski definition) is 15. The molecule has 4 unspecified atom stereocenters. The molecular formula is C76H148O17P2. The Morgan fingerprint density at radius 3 is 0.747 bits per heavy atom. The van der Waals surface area contributed by atoms with Gasteiger partial charge >= 0.3 is 39.5 Å². The summed E-state index contributed by atoms with van der Waals surface area (Å²) in [4.78, 5) is 72.8. The fourth-order valence-corrected chi connectivity index (χ4v) is 13.1. The molecule has 17 nitrogen and oxygen atoms in total. The fourth-order valence-electron chi connectivity index (χ4n) is 11.5. The molecule has 0 heterocycles. The molecule has 0 radical (unpaired) electrons. The second-order valence-electron chi connectivity index (χ2n) is 29.1. The van der Waals surface area contributed by atoms with Crippen molar-refractivity contribution >= 4 is 39.5 Å². The monoisotopic (exact) mass is 1400 g/mol. The Balaban J connectivity index is 5.24. The highest BCUT2D eigenvalue weighted by molar-refractivity contribution is 7.47. The summed E-state index contributed by atoms with van der Waals surface area (Å²) < 4.78 is 68.5. The molecule has 0 saturated heterocycles. The van der Waals surface area contributed by atoms with Gasteiger partial charge in [-0.3, -0.25) is 37.3 Å². The van der Waals surface area contributed by atoms with Gasteiger partial charge in [0.1, 0.15) is 19.3 Å². The number of carbonyl (C=O) groups excluding carboxylic acids is 4. The van der Waals surface area contributed by atoms with E-state index in [1.54, 1.807) is 0 Å².